The topological polar surface area (TPSA) is 49.3 Å². The number of thioether (sulfide) groups is 1. The average Bonchev–Trinajstić information content (AvgIpc) is 2.60. The van der Waals surface area contributed by atoms with Crippen molar-refractivity contribution in [2.24, 2.45) is 11.3 Å². The van der Waals surface area contributed by atoms with Crippen LogP contribution in [0.2, 0.25) is 0 Å². The lowest BCUT2D eigenvalue weighted by Crippen LogP contribution is -2.43. The lowest BCUT2D eigenvalue weighted by atomic mass is 10.0. The SMILES string of the molecule is CC1(C)CC1C(=O)NCC1(O)CCSC1. The van der Waals surface area contributed by atoms with Gasteiger partial charge in [-0.25, -0.2) is 0 Å². The van der Waals surface area contributed by atoms with Gasteiger partial charge in [-0.15, -0.1) is 0 Å². The van der Waals surface area contributed by atoms with E-state index in [4.69, 9.17) is 0 Å². The molecule has 2 rings (SSSR count). The second-order valence-corrected chi connectivity index (χ2v) is 6.60. The van der Waals surface area contributed by atoms with E-state index in [0.717, 1.165) is 24.3 Å². The van der Waals surface area contributed by atoms with Crippen LogP contribution in [-0.2, 0) is 4.79 Å². The lowest BCUT2D eigenvalue weighted by molar-refractivity contribution is -0.124. The second kappa shape index (κ2) is 3.67. The van der Waals surface area contributed by atoms with Gasteiger partial charge in [0.05, 0.1) is 5.60 Å². The van der Waals surface area contributed by atoms with Gasteiger partial charge >= 0.3 is 0 Å². The predicted octanol–water partition coefficient (Wildman–Crippen LogP) is 1.02. The maximum atomic E-state index is 11.7. The first-order valence-corrected chi connectivity index (χ1v) is 6.66. The fourth-order valence-corrected chi connectivity index (χ4v) is 3.32. The predicted molar refractivity (Wildman–Crippen MR) is 61.8 cm³/mol. The second-order valence-electron chi connectivity index (χ2n) is 5.49. The number of nitrogens with one attached hydrogen (secondary N) is 1. The smallest absolute Gasteiger partial charge is 0.223 e. The van der Waals surface area contributed by atoms with Gasteiger partial charge in [0.25, 0.3) is 0 Å². The summed E-state index contributed by atoms with van der Waals surface area (Å²) in [5.74, 6) is 2.03. The largest absolute Gasteiger partial charge is 0.387 e. The minimum Gasteiger partial charge on any atom is -0.387 e. The van der Waals surface area contributed by atoms with Gasteiger partial charge in [0.1, 0.15) is 0 Å². The van der Waals surface area contributed by atoms with Crippen LogP contribution in [-0.4, -0.2) is 34.7 Å². The van der Waals surface area contributed by atoms with Crippen molar-refractivity contribution in [3.05, 3.63) is 0 Å². The maximum absolute atomic E-state index is 11.7. The third-order valence-corrected chi connectivity index (χ3v) is 4.74. The molecule has 1 amide bonds. The van der Waals surface area contributed by atoms with Gasteiger partial charge in [0, 0.05) is 18.2 Å². The molecule has 2 fully saturated rings. The third kappa shape index (κ3) is 2.48. The molecule has 1 aliphatic heterocycles. The quantitative estimate of drug-likeness (QED) is 0.759. The molecule has 0 aromatic heterocycles. The summed E-state index contributed by atoms with van der Waals surface area (Å²) in [4.78, 5) is 11.7. The normalized spacial score (nSPS) is 37.7. The highest BCUT2D eigenvalue weighted by molar-refractivity contribution is 7.99. The Balaban J connectivity index is 1.76. The first kappa shape index (κ1) is 11.3. The average molecular weight is 229 g/mol. The number of carbonyl (C=O) groups excluding carboxylic acids is 1. The van der Waals surface area contributed by atoms with Crippen molar-refractivity contribution in [1.29, 1.82) is 0 Å². The van der Waals surface area contributed by atoms with Crippen LogP contribution in [0.4, 0.5) is 0 Å². The van der Waals surface area contributed by atoms with E-state index in [1.54, 1.807) is 11.8 Å². The molecule has 2 atom stereocenters. The molecule has 0 radical (unpaired) electrons. The van der Waals surface area contributed by atoms with Crippen molar-refractivity contribution in [2.45, 2.75) is 32.3 Å². The fourth-order valence-electron chi connectivity index (χ4n) is 2.03. The number of carbonyl (C=O) groups is 1. The first-order chi connectivity index (χ1) is 6.93. The molecule has 1 heterocycles. The number of amides is 1. The fraction of sp³-hybridized carbons (Fsp3) is 0.909. The van der Waals surface area contributed by atoms with Gasteiger partial charge in [-0.2, -0.15) is 11.8 Å². The molecule has 3 nitrogen and oxygen atoms in total. The summed E-state index contributed by atoms with van der Waals surface area (Å²) in [7, 11) is 0. The van der Waals surface area contributed by atoms with E-state index >= 15 is 0 Å². The molecule has 2 N–H and O–H groups in total. The zero-order valence-corrected chi connectivity index (χ0v) is 10.2. The van der Waals surface area contributed by atoms with E-state index in [-0.39, 0.29) is 17.2 Å². The molecule has 1 saturated heterocycles. The highest BCUT2D eigenvalue weighted by Crippen LogP contribution is 2.51. The van der Waals surface area contributed by atoms with Crippen LogP contribution in [0.15, 0.2) is 0 Å². The molecular weight excluding hydrogens is 210 g/mol. The van der Waals surface area contributed by atoms with Crippen LogP contribution < -0.4 is 5.32 Å². The molecule has 86 valence electrons. The molecule has 0 bridgehead atoms. The number of hydrogen-bond acceptors (Lipinski definition) is 3. The Labute approximate surface area is 95.0 Å². The summed E-state index contributed by atoms with van der Waals surface area (Å²) in [6.07, 6.45) is 1.78. The Kier molecular flexibility index (Phi) is 2.75. The van der Waals surface area contributed by atoms with E-state index in [0.29, 0.717) is 6.54 Å². The molecule has 2 aliphatic rings. The molecule has 4 heteroatoms. The standard InChI is InChI=1S/C11H19NO2S/c1-10(2)5-8(10)9(13)12-6-11(14)3-4-15-7-11/h8,14H,3-7H2,1-2H3,(H,12,13). The van der Waals surface area contributed by atoms with Crippen molar-refractivity contribution in [2.75, 3.05) is 18.1 Å². The Morgan fingerprint density at radius 2 is 2.27 bits per heavy atom. The Hall–Kier alpha value is -0.220. The summed E-state index contributed by atoms with van der Waals surface area (Å²) in [5, 5.41) is 12.9. The van der Waals surface area contributed by atoms with Gasteiger partial charge in [-0.1, -0.05) is 13.8 Å². The molecule has 1 aliphatic carbocycles. The van der Waals surface area contributed by atoms with E-state index in [2.05, 4.69) is 19.2 Å². The van der Waals surface area contributed by atoms with Gasteiger partial charge in [0.2, 0.25) is 5.91 Å². The summed E-state index contributed by atoms with van der Waals surface area (Å²) in [5.41, 5.74) is -0.476. The zero-order valence-electron chi connectivity index (χ0n) is 9.38. The first-order valence-electron chi connectivity index (χ1n) is 5.51. The third-order valence-electron chi connectivity index (χ3n) is 3.50. The summed E-state index contributed by atoms with van der Waals surface area (Å²) < 4.78 is 0. The van der Waals surface area contributed by atoms with E-state index in [1.807, 2.05) is 0 Å². The summed E-state index contributed by atoms with van der Waals surface area (Å²) >= 11 is 1.76. The van der Waals surface area contributed by atoms with Crippen LogP contribution in [0.5, 0.6) is 0 Å². The lowest BCUT2D eigenvalue weighted by Gasteiger charge is -2.21. The highest BCUT2D eigenvalue weighted by atomic mass is 32.2. The van der Waals surface area contributed by atoms with Crippen LogP contribution in [0.1, 0.15) is 26.7 Å². The van der Waals surface area contributed by atoms with Crippen molar-refractivity contribution in [1.82, 2.24) is 5.32 Å². The highest BCUT2D eigenvalue weighted by Gasteiger charge is 2.50. The summed E-state index contributed by atoms with van der Waals surface area (Å²) in [6.45, 7) is 4.64. The molecular formula is C11H19NO2S. The zero-order chi connectivity index (χ0) is 11.1. The van der Waals surface area contributed by atoms with Gasteiger partial charge in [-0.3, -0.25) is 4.79 Å². The van der Waals surface area contributed by atoms with Crippen LogP contribution in [0, 0.1) is 11.3 Å². The van der Waals surface area contributed by atoms with Crippen LogP contribution in [0.3, 0.4) is 0 Å². The van der Waals surface area contributed by atoms with E-state index < -0.39 is 5.60 Å². The number of aliphatic hydroxyl groups is 1. The Bertz CT molecular complexity index is 272. The molecule has 2 unspecified atom stereocenters. The number of hydrogen-bond donors (Lipinski definition) is 2. The molecule has 0 spiro atoms. The minimum absolute atomic E-state index is 0.116. The molecule has 0 aromatic rings. The molecule has 1 saturated carbocycles. The van der Waals surface area contributed by atoms with Crippen LogP contribution in [0.25, 0.3) is 0 Å². The summed E-state index contributed by atoms with van der Waals surface area (Å²) in [6, 6.07) is 0. The Morgan fingerprint density at radius 1 is 1.60 bits per heavy atom. The minimum atomic E-state index is -0.653. The van der Waals surface area contributed by atoms with Crippen molar-refractivity contribution in [3.63, 3.8) is 0 Å². The molecule has 0 aromatic carbocycles. The monoisotopic (exact) mass is 229 g/mol. The Morgan fingerprint density at radius 3 is 2.73 bits per heavy atom. The van der Waals surface area contributed by atoms with Gasteiger partial charge in [-0.05, 0) is 24.0 Å². The van der Waals surface area contributed by atoms with E-state index in [1.165, 1.54) is 0 Å². The van der Waals surface area contributed by atoms with Crippen LogP contribution >= 0.6 is 11.8 Å². The molecule has 15 heavy (non-hydrogen) atoms. The van der Waals surface area contributed by atoms with Crippen molar-refractivity contribution in [3.8, 4) is 0 Å². The number of rotatable bonds is 3. The van der Waals surface area contributed by atoms with Crippen molar-refractivity contribution >= 4 is 17.7 Å². The maximum Gasteiger partial charge on any atom is 0.223 e. The van der Waals surface area contributed by atoms with Crippen molar-refractivity contribution < 1.29 is 9.90 Å². The van der Waals surface area contributed by atoms with Gasteiger partial charge in [0.15, 0.2) is 0 Å². The van der Waals surface area contributed by atoms with Gasteiger partial charge < -0.3 is 10.4 Å². The van der Waals surface area contributed by atoms with E-state index in [9.17, 15) is 9.90 Å².